The molecular formula is C31H47Cl2N7O3. The van der Waals surface area contributed by atoms with Crippen LogP contribution >= 0.6 is 23.2 Å². The van der Waals surface area contributed by atoms with Crippen LogP contribution in [0.2, 0.25) is 10.0 Å². The molecule has 0 saturated heterocycles. The second-order valence-corrected chi connectivity index (χ2v) is 12.2. The van der Waals surface area contributed by atoms with E-state index >= 15 is 0 Å². The van der Waals surface area contributed by atoms with Gasteiger partial charge in [0.25, 0.3) is 5.91 Å². The molecule has 43 heavy (non-hydrogen) atoms. The topological polar surface area (TPSA) is 147 Å². The zero-order valence-electron chi connectivity index (χ0n) is 25.6. The van der Waals surface area contributed by atoms with E-state index in [2.05, 4.69) is 28.7 Å². The van der Waals surface area contributed by atoms with Crippen LogP contribution in [0.4, 0.5) is 0 Å². The van der Waals surface area contributed by atoms with Gasteiger partial charge in [0.15, 0.2) is 0 Å². The molecule has 0 heterocycles. The number of nitrogens with zero attached hydrogens (tertiary/aromatic N) is 1. The van der Waals surface area contributed by atoms with Crippen LogP contribution < -0.4 is 33.4 Å². The maximum absolute atomic E-state index is 14.8. The minimum atomic E-state index is -1.02. The molecule has 1 fully saturated rings. The fourth-order valence-corrected chi connectivity index (χ4v) is 6.57. The maximum Gasteiger partial charge on any atom is 0.251 e. The summed E-state index contributed by atoms with van der Waals surface area (Å²) >= 11 is 12.7. The monoisotopic (exact) mass is 635 g/mol. The smallest absolute Gasteiger partial charge is 0.251 e. The number of hydrogen-bond acceptors (Lipinski definition) is 8. The third-order valence-corrected chi connectivity index (χ3v) is 8.64. The Morgan fingerprint density at radius 1 is 1.09 bits per heavy atom. The number of nitrogens with one attached hydrogen (secondary N) is 4. The van der Waals surface area contributed by atoms with Crippen LogP contribution in [0.25, 0.3) is 0 Å². The van der Waals surface area contributed by atoms with Crippen molar-refractivity contribution >= 4 is 35.0 Å². The van der Waals surface area contributed by atoms with Crippen LogP contribution in [-0.4, -0.2) is 48.2 Å². The lowest BCUT2D eigenvalue weighted by Crippen LogP contribution is -2.68. The minimum Gasteiger partial charge on any atom is -0.378 e. The van der Waals surface area contributed by atoms with Crippen molar-refractivity contribution < 1.29 is 14.3 Å². The summed E-state index contributed by atoms with van der Waals surface area (Å²) in [7, 11) is 1.66. The molecule has 0 bridgehead atoms. The van der Waals surface area contributed by atoms with Crippen molar-refractivity contribution in [3.05, 3.63) is 69.2 Å². The third kappa shape index (κ3) is 8.89. The summed E-state index contributed by atoms with van der Waals surface area (Å²) in [6.07, 6.45) is 4.98. The lowest BCUT2D eigenvalue weighted by atomic mass is 9.81. The molecule has 1 aliphatic carbocycles. The van der Waals surface area contributed by atoms with Crippen molar-refractivity contribution in [2.45, 2.75) is 95.5 Å². The second kappa shape index (κ2) is 16.7. The van der Waals surface area contributed by atoms with Gasteiger partial charge in [0, 0.05) is 35.3 Å². The Morgan fingerprint density at radius 3 is 2.35 bits per heavy atom. The van der Waals surface area contributed by atoms with Gasteiger partial charge in [-0.2, -0.15) is 11.1 Å². The summed E-state index contributed by atoms with van der Waals surface area (Å²) in [5.41, 5.74) is 16.2. The summed E-state index contributed by atoms with van der Waals surface area (Å²) in [4.78, 5) is 29.5. The van der Waals surface area contributed by atoms with E-state index in [1.165, 1.54) is 0 Å². The number of nitrogens with two attached hydrogens (primary N) is 2. The van der Waals surface area contributed by atoms with Gasteiger partial charge in [0.05, 0.1) is 18.1 Å². The highest BCUT2D eigenvalue weighted by Crippen LogP contribution is 2.42. The summed E-state index contributed by atoms with van der Waals surface area (Å²) < 4.78 is 5.95. The number of ether oxygens (including phenoxy) is 1. The second-order valence-electron chi connectivity index (χ2n) is 11.3. The van der Waals surface area contributed by atoms with Crippen LogP contribution in [0.5, 0.6) is 0 Å². The first kappa shape index (κ1) is 35.2. The first-order chi connectivity index (χ1) is 20.6. The highest BCUT2D eigenvalue weighted by molar-refractivity contribution is 6.34. The molecule has 0 radical (unpaired) electrons. The van der Waals surface area contributed by atoms with Crippen LogP contribution in [0.3, 0.4) is 0 Å². The van der Waals surface area contributed by atoms with E-state index in [9.17, 15) is 9.59 Å². The van der Waals surface area contributed by atoms with Gasteiger partial charge in [-0.15, -0.1) is 0 Å². The zero-order chi connectivity index (χ0) is 31.6. The molecule has 5 atom stereocenters. The van der Waals surface area contributed by atoms with Gasteiger partial charge in [0.2, 0.25) is 5.91 Å². The Bertz CT molecular complexity index is 1180. The first-order valence-electron chi connectivity index (χ1n) is 15.0. The summed E-state index contributed by atoms with van der Waals surface area (Å²) in [6.45, 7) is 6.36. The van der Waals surface area contributed by atoms with Crippen molar-refractivity contribution in [2.75, 3.05) is 13.7 Å². The number of rotatable bonds is 15. The molecule has 12 heteroatoms. The number of carbonyl (C=O) groups excluding carboxylic acids is 2. The predicted molar refractivity (Wildman–Crippen MR) is 172 cm³/mol. The van der Waals surface area contributed by atoms with E-state index in [1.54, 1.807) is 37.4 Å². The first-order valence-corrected chi connectivity index (χ1v) is 15.8. The third-order valence-electron chi connectivity index (χ3n) is 8.21. The van der Waals surface area contributed by atoms with E-state index in [-0.39, 0.29) is 30.0 Å². The van der Waals surface area contributed by atoms with Crippen molar-refractivity contribution in [1.29, 1.82) is 0 Å². The van der Waals surface area contributed by atoms with E-state index in [1.807, 2.05) is 30.9 Å². The van der Waals surface area contributed by atoms with Crippen LogP contribution in [-0.2, 0) is 9.53 Å². The molecule has 1 saturated carbocycles. The average Bonchev–Trinajstić information content (AvgIpc) is 2.98. The van der Waals surface area contributed by atoms with Gasteiger partial charge >= 0.3 is 0 Å². The molecule has 0 aromatic heterocycles. The number of benzene rings is 2. The molecule has 3 rings (SSSR count). The van der Waals surface area contributed by atoms with Gasteiger partial charge < -0.3 is 20.7 Å². The van der Waals surface area contributed by atoms with Gasteiger partial charge in [-0.1, -0.05) is 62.0 Å². The van der Waals surface area contributed by atoms with Gasteiger partial charge in [0.1, 0.15) is 5.66 Å². The Labute approximate surface area is 265 Å². The Hall–Kier alpha value is -2.28. The lowest BCUT2D eigenvalue weighted by Gasteiger charge is -2.52. The minimum absolute atomic E-state index is 0.0707. The van der Waals surface area contributed by atoms with E-state index in [0.29, 0.717) is 41.4 Å². The summed E-state index contributed by atoms with van der Waals surface area (Å²) in [5.74, 6) is 4.41. The quantitative estimate of drug-likeness (QED) is 0.0938. The highest BCUT2D eigenvalue weighted by Gasteiger charge is 2.49. The molecule has 2 aromatic carbocycles. The number of hydrazine groups is 3. The fourth-order valence-electron chi connectivity index (χ4n) is 6.03. The molecule has 1 aliphatic rings. The van der Waals surface area contributed by atoms with Crippen molar-refractivity contribution in [1.82, 2.24) is 26.7 Å². The number of carbonyl (C=O) groups is 2. The average molecular weight is 637 g/mol. The van der Waals surface area contributed by atoms with Gasteiger partial charge in [-0.3, -0.25) is 15.4 Å². The van der Waals surface area contributed by atoms with Crippen LogP contribution in [0.1, 0.15) is 99.2 Å². The largest absolute Gasteiger partial charge is 0.378 e. The Kier molecular flexibility index (Phi) is 13.7. The molecule has 2 amide bonds. The Balaban J connectivity index is 2.00. The standard InChI is InChI=1S/C31H47Cl2N7O3/c1-5-9-27(21-11-13-22(14-12-21)29(41)36-19-20(3)37-39-38-35)40(31(34)15-8-7-10-28(31)43-4)30(42)26(6-2)23-16-24(32)18-25(33)17-23/h11-14,16-18,20,26-28,37-39H,5-10,15,19,34-35H2,1-4H3,(H,36,41). The van der Waals surface area contributed by atoms with Gasteiger partial charge in [-0.05, 0) is 80.5 Å². The molecule has 5 unspecified atom stereocenters. The molecule has 0 aliphatic heterocycles. The summed E-state index contributed by atoms with van der Waals surface area (Å²) in [5, 5.41) is 3.87. The molecule has 10 nitrogen and oxygen atoms in total. The Morgan fingerprint density at radius 2 is 1.77 bits per heavy atom. The van der Waals surface area contributed by atoms with Gasteiger partial charge in [-0.25, -0.2) is 5.43 Å². The number of halogens is 2. The normalized spacial score (nSPS) is 20.7. The molecule has 0 spiro atoms. The van der Waals surface area contributed by atoms with Crippen molar-refractivity contribution in [3.63, 3.8) is 0 Å². The summed E-state index contributed by atoms with van der Waals surface area (Å²) in [6, 6.07) is 12.3. The van der Waals surface area contributed by atoms with E-state index < -0.39 is 11.6 Å². The van der Waals surface area contributed by atoms with E-state index in [4.69, 9.17) is 39.5 Å². The van der Waals surface area contributed by atoms with Crippen molar-refractivity contribution in [2.24, 2.45) is 11.6 Å². The van der Waals surface area contributed by atoms with E-state index in [0.717, 1.165) is 36.8 Å². The zero-order valence-corrected chi connectivity index (χ0v) is 27.1. The maximum atomic E-state index is 14.8. The molecular weight excluding hydrogens is 589 g/mol. The lowest BCUT2D eigenvalue weighted by molar-refractivity contribution is -0.157. The van der Waals surface area contributed by atoms with Crippen LogP contribution in [0, 0.1) is 0 Å². The fraction of sp³-hybridized carbons (Fsp3) is 0.548. The highest BCUT2D eigenvalue weighted by atomic mass is 35.5. The molecule has 8 N–H and O–H groups in total. The van der Waals surface area contributed by atoms with Crippen molar-refractivity contribution in [3.8, 4) is 0 Å². The number of methoxy groups -OCH3 is 1. The number of amides is 2. The SMILES string of the molecule is CCCC(c1ccc(C(=O)NCC(C)NNNN)cc1)N(C(=O)C(CC)c1cc(Cl)cc(Cl)c1)C1(N)CCCCC1OC. The molecule has 2 aromatic rings. The number of hydrogen-bond donors (Lipinski definition) is 6. The predicted octanol–water partition coefficient (Wildman–Crippen LogP) is 4.69. The van der Waals surface area contributed by atoms with Crippen LogP contribution in [0.15, 0.2) is 42.5 Å². The molecule has 238 valence electrons.